The lowest BCUT2D eigenvalue weighted by Crippen LogP contribution is -2.09. The van der Waals surface area contributed by atoms with E-state index >= 15 is 0 Å². The highest BCUT2D eigenvalue weighted by molar-refractivity contribution is 7.92. The van der Waals surface area contributed by atoms with Gasteiger partial charge in [0.2, 0.25) is 10.0 Å². The number of anilines is 1. The second kappa shape index (κ2) is 7.47. The maximum absolute atomic E-state index is 11.3. The van der Waals surface area contributed by atoms with Crippen molar-refractivity contribution in [3.05, 3.63) is 53.4 Å². The molecule has 0 amide bonds. The number of hydrogen-bond donors (Lipinski definition) is 1. The summed E-state index contributed by atoms with van der Waals surface area (Å²) in [7, 11) is -3.28. The first-order chi connectivity index (χ1) is 12.4. The van der Waals surface area contributed by atoms with Gasteiger partial charge in [0.15, 0.2) is 0 Å². The molecule has 2 aromatic carbocycles. The van der Waals surface area contributed by atoms with E-state index in [4.69, 9.17) is 9.72 Å². The van der Waals surface area contributed by atoms with Crippen molar-refractivity contribution in [2.24, 2.45) is 0 Å². The molecule has 136 valence electrons. The molecule has 7 heteroatoms. The summed E-state index contributed by atoms with van der Waals surface area (Å²) in [4.78, 5) is 5.88. The number of thiazole rings is 1. The van der Waals surface area contributed by atoms with E-state index in [-0.39, 0.29) is 0 Å². The second-order valence-corrected chi connectivity index (χ2v) is 8.79. The minimum absolute atomic E-state index is 0.536. The number of aryl methyl sites for hydroxylation is 1. The molecule has 0 unspecified atom stereocenters. The highest BCUT2D eigenvalue weighted by atomic mass is 32.2. The van der Waals surface area contributed by atoms with E-state index in [2.05, 4.69) is 4.72 Å². The molecule has 0 spiro atoms. The highest BCUT2D eigenvalue weighted by Gasteiger charge is 2.12. The van der Waals surface area contributed by atoms with E-state index in [0.717, 1.165) is 38.7 Å². The lowest BCUT2D eigenvalue weighted by molar-refractivity contribution is 0.340. The smallest absolute Gasteiger partial charge is 0.229 e. The topological polar surface area (TPSA) is 68.3 Å². The van der Waals surface area contributed by atoms with Crippen molar-refractivity contribution in [2.75, 3.05) is 17.6 Å². The summed E-state index contributed by atoms with van der Waals surface area (Å²) in [6, 6.07) is 15.1. The number of sulfonamides is 1. The van der Waals surface area contributed by atoms with Gasteiger partial charge in [-0.3, -0.25) is 4.72 Å². The average Bonchev–Trinajstić information content (AvgIpc) is 2.97. The lowest BCUT2D eigenvalue weighted by Gasteiger charge is -2.05. The predicted molar refractivity (Wildman–Crippen MR) is 107 cm³/mol. The zero-order valence-corrected chi connectivity index (χ0v) is 16.4. The van der Waals surface area contributed by atoms with Crippen LogP contribution in [0.3, 0.4) is 0 Å². The summed E-state index contributed by atoms with van der Waals surface area (Å²) >= 11 is 1.63. The van der Waals surface area contributed by atoms with Gasteiger partial charge in [0.05, 0.1) is 18.6 Å². The Morgan fingerprint density at radius 1 is 1.12 bits per heavy atom. The number of hydrogen-bond acceptors (Lipinski definition) is 5. The predicted octanol–water partition coefficient (Wildman–Crippen LogP) is 4.56. The molecule has 26 heavy (non-hydrogen) atoms. The summed E-state index contributed by atoms with van der Waals surface area (Å²) in [6.45, 7) is 4.62. The van der Waals surface area contributed by atoms with E-state index in [1.54, 1.807) is 23.5 Å². The van der Waals surface area contributed by atoms with E-state index in [1.165, 1.54) is 0 Å². The standard InChI is InChI=1S/C19H20N2O3S2/c1-4-24-17-7-5-6-15(12-17)19-20-18(13(2)25-19)14-8-10-16(11-9-14)21-26(3,22)23/h5-12,21H,4H2,1-3H3. The Bertz CT molecular complexity index is 1010. The molecule has 1 aromatic heterocycles. The van der Waals surface area contributed by atoms with Gasteiger partial charge < -0.3 is 4.74 Å². The van der Waals surface area contributed by atoms with Crippen LogP contribution >= 0.6 is 11.3 Å². The van der Waals surface area contributed by atoms with Crippen molar-refractivity contribution in [3.8, 4) is 27.6 Å². The lowest BCUT2D eigenvalue weighted by atomic mass is 10.1. The molecule has 0 aliphatic heterocycles. The van der Waals surface area contributed by atoms with Gasteiger partial charge in [-0.25, -0.2) is 13.4 Å². The molecule has 0 saturated heterocycles. The molecular formula is C19H20N2O3S2. The molecule has 0 aliphatic carbocycles. The Labute approximate surface area is 157 Å². The highest BCUT2D eigenvalue weighted by Crippen LogP contribution is 2.34. The Kier molecular flexibility index (Phi) is 5.29. The van der Waals surface area contributed by atoms with Gasteiger partial charge in [0, 0.05) is 21.7 Å². The third-order valence-electron chi connectivity index (χ3n) is 3.65. The van der Waals surface area contributed by atoms with Crippen LogP contribution in [0.25, 0.3) is 21.8 Å². The average molecular weight is 389 g/mol. The normalized spacial score (nSPS) is 11.3. The fraction of sp³-hybridized carbons (Fsp3) is 0.211. The Balaban J connectivity index is 1.90. The first-order valence-corrected chi connectivity index (χ1v) is 10.9. The summed E-state index contributed by atoms with van der Waals surface area (Å²) in [5.41, 5.74) is 3.40. The van der Waals surface area contributed by atoms with Crippen LogP contribution < -0.4 is 9.46 Å². The molecule has 0 radical (unpaired) electrons. The quantitative estimate of drug-likeness (QED) is 0.672. The van der Waals surface area contributed by atoms with Crippen molar-refractivity contribution < 1.29 is 13.2 Å². The van der Waals surface area contributed by atoms with Crippen molar-refractivity contribution in [2.45, 2.75) is 13.8 Å². The van der Waals surface area contributed by atoms with Crippen molar-refractivity contribution >= 4 is 27.0 Å². The molecular weight excluding hydrogens is 368 g/mol. The first kappa shape index (κ1) is 18.4. The van der Waals surface area contributed by atoms with Crippen LogP contribution in [0.5, 0.6) is 5.75 Å². The molecule has 0 aliphatic rings. The zero-order chi connectivity index (χ0) is 18.7. The van der Waals surface area contributed by atoms with Gasteiger partial charge in [-0.05, 0) is 38.1 Å². The van der Waals surface area contributed by atoms with Gasteiger partial charge in [0.25, 0.3) is 0 Å². The van der Waals surface area contributed by atoms with Gasteiger partial charge in [-0.1, -0.05) is 24.3 Å². The number of aromatic nitrogens is 1. The maximum atomic E-state index is 11.3. The molecule has 0 fully saturated rings. The van der Waals surface area contributed by atoms with Crippen molar-refractivity contribution in [3.63, 3.8) is 0 Å². The molecule has 3 aromatic rings. The van der Waals surface area contributed by atoms with Gasteiger partial charge >= 0.3 is 0 Å². The molecule has 0 bridgehead atoms. The first-order valence-electron chi connectivity index (χ1n) is 8.14. The van der Waals surface area contributed by atoms with E-state index in [9.17, 15) is 8.42 Å². The number of benzene rings is 2. The summed E-state index contributed by atoms with van der Waals surface area (Å²) in [5.74, 6) is 0.829. The molecule has 3 rings (SSSR count). The second-order valence-electron chi connectivity index (χ2n) is 5.84. The van der Waals surface area contributed by atoms with Crippen LogP contribution in [0.4, 0.5) is 5.69 Å². The molecule has 0 saturated carbocycles. The molecule has 5 nitrogen and oxygen atoms in total. The van der Waals surface area contributed by atoms with E-state index in [0.29, 0.717) is 12.3 Å². The minimum atomic E-state index is -3.28. The largest absolute Gasteiger partial charge is 0.494 e. The van der Waals surface area contributed by atoms with Gasteiger partial charge in [-0.15, -0.1) is 11.3 Å². The Morgan fingerprint density at radius 2 is 1.85 bits per heavy atom. The van der Waals surface area contributed by atoms with Crippen LogP contribution in [0.2, 0.25) is 0 Å². The molecule has 1 heterocycles. The van der Waals surface area contributed by atoms with E-state index < -0.39 is 10.0 Å². The summed E-state index contributed by atoms with van der Waals surface area (Å²) in [5, 5.41) is 0.928. The third kappa shape index (κ3) is 4.42. The minimum Gasteiger partial charge on any atom is -0.494 e. The summed E-state index contributed by atoms with van der Waals surface area (Å²) in [6.07, 6.45) is 1.13. The maximum Gasteiger partial charge on any atom is 0.229 e. The zero-order valence-electron chi connectivity index (χ0n) is 14.8. The van der Waals surface area contributed by atoms with Crippen LogP contribution in [0.15, 0.2) is 48.5 Å². The van der Waals surface area contributed by atoms with Crippen molar-refractivity contribution in [1.29, 1.82) is 0 Å². The monoisotopic (exact) mass is 388 g/mol. The Hall–Kier alpha value is -2.38. The summed E-state index contributed by atoms with van der Waals surface area (Å²) < 4.78 is 30.7. The Morgan fingerprint density at radius 3 is 2.50 bits per heavy atom. The SMILES string of the molecule is CCOc1cccc(-c2nc(-c3ccc(NS(C)(=O)=O)cc3)c(C)s2)c1. The molecule has 1 N–H and O–H groups in total. The van der Waals surface area contributed by atoms with Crippen LogP contribution in [-0.2, 0) is 10.0 Å². The number of nitrogens with zero attached hydrogens (tertiary/aromatic N) is 1. The molecule has 0 atom stereocenters. The van der Waals surface area contributed by atoms with Crippen LogP contribution in [0, 0.1) is 6.92 Å². The number of nitrogens with one attached hydrogen (secondary N) is 1. The fourth-order valence-corrected chi connectivity index (χ4v) is 4.08. The van der Waals surface area contributed by atoms with E-state index in [1.807, 2.05) is 50.2 Å². The van der Waals surface area contributed by atoms with Crippen molar-refractivity contribution in [1.82, 2.24) is 4.98 Å². The van der Waals surface area contributed by atoms with Gasteiger partial charge in [0.1, 0.15) is 10.8 Å². The van der Waals surface area contributed by atoms with Crippen LogP contribution in [-0.4, -0.2) is 26.3 Å². The number of ether oxygens (including phenoxy) is 1. The third-order valence-corrected chi connectivity index (χ3v) is 5.28. The van der Waals surface area contributed by atoms with Crippen LogP contribution in [0.1, 0.15) is 11.8 Å². The van der Waals surface area contributed by atoms with Gasteiger partial charge in [-0.2, -0.15) is 0 Å². The number of rotatable bonds is 6. The fourth-order valence-electron chi connectivity index (χ4n) is 2.58.